The summed E-state index contributed by atoms with van der Waals surface area (Å²) < 4.78 is 40.7. The Balaban J connectivity index is 2.09. The maximum atomic E-state index is 14.1. The molecule has 0 unspecified atom stereocenters. The van der Waals surface area contributed by atoms with E-state index < -0.39 is 28.5 Å². The Kier molecular flexibility index (Phi) is 11.4. The van der Waals surface area contributed by atoms with Gasteiger partial charge in [0.05, 0.1) is 24.8 Å². The first-order valence-corrected chi connectivity index (χ1v) is 15.8. The van der Waals surface area contributed by atoms with Gasteiger partial charge in [0.25, 0.3) is 10.0 Å². The smallest absolute Gasteiger partial charge is 0.264 e. The van der Waals surface area contributed by atoms with E-state index in [1.807, 2.05) is 45.0 Å². The van der Waals surface area contributed by atoms with Crippen molar-refractivity contribution in [1.29, 1.82) is 0 Å². The van der Waals surface area contributed by atoms with Gasteiger partial charge in [0, 0.05) is 23.1 Å². The standard InChI is InChI=1S/C31H38BrN3O6S/c1-7-22(3)33-31(37)23(4)34(19-24-9-8-10-25(32)17-24)30(36)20-35(26-13-16-28(40-5)29(18-26)41-6)42(38,39)27-14-11-21(2)12-15-27/h8-18,22-23H,7,19-20H2,1-6H3,(H,33,37)/t22-,23-/m1/s1. The average Bonchev–Trinajstić information content (AvgIpc) is 2.97. The summed E-state index contributed by atoms with van der Waals surface area (Å²) >= 11 is 3.46. The number of aryl methyl sites for hydroxylation is 1. The Labute approximate surface area is 257 Å². The number of nitrogens with zero attached hydrogens (tertiary/aromatic N) is 2. The van der Waals surface area contributed by atoms with Gasteiger partial charge in [0.2, 0.25) is 11.8 Å². The largest absolute Gasteiger partial charge is 0.493 e. The van der Waals surface area contributed by atoms with Gasteiger partial charge in [0.1, 0.15) is 12.6 Å². The van der Waals surface area contributed by atoms with Crippen LogP contribution < -0.4 is 19.1 Å². The Hall–Kier alpha value is -3.57. The molecule has 2 atom stereocenters. The lowest BCUT2D eigenvalue weighted by molar-refractivity contribution is -0.139. The molecule has 0 fully saturated rings. The molecule has 0 radical (unpaired) electrons. The summed E-state index contributed by atoms with van der Waals surface area (Å²) in [6.07, 6.45) is 0.722. The molecule has 0 aliphatic heterocycles. The normalized spacial score (nSPS) is 12.6. The van der Waals surface area contributed by atoms with E-state index in [0.717, 1.165) is 26.3 Å². The van der Waals surface area contributed by atoms with Crippen molar-refractivity contribution in [3.8, 4) is 11.5 Å². The number of halogens is 1. The van der Waals surface area contributed by atoms with Gasteiger partial charge in [0.15, 0.2) is 11.5 Å². The highest BCUT2D eigenvalue weighted by Gasteiger charge is 2.33. The number of carbonyl (C=O) groups excluding carboxylic acids is 2. The minimum atomic E-state index is -4.21. The van der Waals surface area contributed by atoms with Crippen LogP contribution in [0.15, 0.2) is 76.1 Å². The molecule has 0 spiro atoms. The number of sulfonamides is 1. The predicted molar refractivity (Wildman–Crippen MR) is 167 cm³/mol. The molecule has 0 aliphatic rings. The SMILES string of the molecule is CC[C@@H](C)NC(=O)[C@@H](C)N(Cc1cccc(Br)c1)C(=O)CN(c1ccc(OC)c(OC)c1)S(=O)(=O)c1ccc(C)cc1. The highest BCUT2D eigenvalue weighted by molar-refractivity contribution is 9.10. The second-order valence-corrected chi connectivity index (χ2v) is 12.8. The van der Waals surface area contributed by atoms with Gasteiger partial charge >= 0.3 is 0 Å². The molecule has 2 amide bonds. The van der Waals surface area contributed by atoms with E-state index in [0.29, 0.717) is 11.5 Å². The second kappa shape index (κ2) is 14.6. The molecule has 0 saturated heterocycles. The summed E-state index contributed by atoms with van der Waals surface area (Å²) in [6.45, 7) is 6.88. The number of hydrogen-bond acceptors (Lipinski definition) is 6. The van der Waals surface area contributed by atoms with Crippen molar-refractivity contribution < 1.29 is 27.5 Å². The van der Waals surface area contributed by atoms with Crippen LogP contribution in [-0.2, 0) is 26.2 Å². The zero-order chi connectivity index (χ0) is 31.0. The molecule has 3 aromatic carbocycles. The maximum absolute atomic E-state index is 14.1. The first kappa shape index (κ1) is 32.9. The molecule has 42 heavy (non-hydrogen) atoms. The van der Waals surface area contributed by atoms with Gasteiger partial charge in [-0.2, -0.15) is 0 Å². The quantitative estimate of drug-likeness (QED) is 0.267. The van der Waals surface area contributed by atoms with Gasteiger partial charge in [-0.05, 0) is 69.2 Å². The zero-order valence-corrected chi connectivity index (χ0v) is 27.2. The van der Waals surface area contributed by atoms with Crippen LogP contribution in [0.5, 0.6) is 11.5 Å². The van der Waals surface area contributed by atoms with Crippen LogP contribution in [0.3, 0.4) is 0 Å². The molecule has 3 aromatic rings. The van der Waals surface area contributed by atoms with Crippen molar-refractivity contribution in [2.45, 2.75) is 57.6 Å². The summed E-state index contributed by atoms with van der Waals surface area (Å²) in [6, 6.07) is 17.5. The summed E-state index contributed by atoms with van der Waals surface area (Å²) in [5.41, 5.74) is 1.88. The van der Waals surface area contributed by atoms with Crippen molar-refractivity contribution in [2.24, 2.45) is 0 Å². The molecular formula is C31H38BrN3O6S. The number of rotatable bonds is 13. The van der Waals surface area contributed by atoms with Gasteiger partial charge < -0.3 is 19.7 Å². The number of anilines is 1. The van der Waals surface area contributed by atoms with Crippen molar-refractivity contribution in [3.05, 3.63) is 82.3 Å². The average molecular weight is 661 g/mol. The number of nitrogens with one attached hydrogen (secondary N) is 1. The van der Waals surface area contributed by atoms with Crippen LogP contribution in [0.4, 0.5) is 5.69 Å². The van der Waals surface area contributed by atoms with Crippen LogP contribution in [0.2, 0.25) is 0 Å². The third-order valence-electron chi connectivity index (χ3n) is 6.95. The number of carbonyl (C=O) groups is 2. The van der Waals surface area contributed by atoms with Crippen molar-refractivity contribution in [2.75, 3.05) is 25.1 Å². The fourth-order valence-electron chi connectivity index (χ4n) is 4.23. The molecule has 0 aliphatic carbocycles. The second-order valence-electron chi connectivity index (χ2n) is 10.0. The zero-order valence-electron chi connectivity index (χ0n) is 24.8. The van der Waals surface area contributed by atoms with Gasteiger partial charge in [-0.3, -0.25) is 13.9 Å². The van der Waals surface area contributed by atoms with Gasteiger partial charge in [-0.25, -0.2) is 8.42 Å². The van der Waals surface area contributed by atoms with Crippen molar-refractivity contribution in [3.63, 3.8) is 0 Å². The molecule has 9 nitrogen and oxygen atoms in total. The van der Waals surface area contributed by atoms with E-state index >= 15 is 0 Å². The number of ether oxygens (including phenoxy) is 2. The molecule has 0 bridgehead atoms. The van der Waals surface area contributed by atoms with E-state index in [2.05, 4.69) is 21.2 Å². The van der Waals surface area contributed by atoms with Crippen LogP contribution >= 0.6 is 15.9 Å². The highest BCUT2D eigenvalue weighted by Crippen LogP contribution is 2.34. The lowest BCUT2D eigenvalue weighted by atomic mass is 10.1. The third-order valence-corrected chi connectivity index (χ3v) is 9.23. The lowest BCUT2D eigenvalue weighted by Crippen LogP contribution is -2.52. The van der Waals surface area contributed by atoms with Crippen molar-refractivity contribution in [1.82, 2.24) is 10.2 Å². The molecule has 0 saturated carbocycles. The van der Waals surface area contributed by atoms with E-state index in [1.54, 1.807) is 31.2 Å². The molecule has 0 aromatic heterocycles. The first-order chi connectivity index (χ1) is 19.9. The highest BCUT2D eigenvalue weighted by atomic mass is 79.9. The van der Waals surface area contributed by atoms with E-state index in [9.17, 15) is 18.0 Å². The molecular weight excluding hydrogens is 622 g/mol. The Bertz CT molecular complexity index is 1500. The van der Waals surface area contributed by atoms with Crippen LogP contribution in [0.1, 0.15) is 38.3 Å². The molecule has 0 heterocycles. The topological polar surface area (TPSA) is 105 Å². The van der Waals surface area contributed by atoms with E-state index in [4.69, 9.17) is 9.47 Å². The van der Waals surface area contributed by atoms with Crippen LogP contribution in [0, 0.1) is 6.92 Å². The molecule has 3 rings (SSSR count). The fourth-order valence-corrected chi connectivity index (χ4v) is 6.08. The van der Waals surface area contributed by atoms with E-state index in [1.165, 1.54) is 37.3 Å². The molecule has 226 valence electrons. The number of methoxy groups -OCH3 is 2. The number of hydrogen-bond donors (Lipinski definition) is 1. The number of benzene rings is 3. The third kappa shape index (κ3) is 8.04. The summed E-state index contributed by atoms with van der Waals surface area (Å²) in [4.78, 5) is 28.7. The number of amides is 2. The van der Waals surface area contributed by atoms with Gasteiger partial charge in [-0.1, -0.05) is 52.7 Å². The minimum absolute atomic E-state index is 0.0248. The maximum Gasteiger partial charge on any atom is 0.264 e. The predicted octanol–water partition coefficient (Wildman–Crippen LogP) is 5.30. The van der Waals surface area contributed by atoms with Gasteiger partial charge in [-0.15, -0.1) is 0 Å². The summed E-state index contributed by atoms with van der Waals surface area (Å²) in [5, 5.41) is 2.93. The van der Waals surface area contributed by atoms with Crippen LogP contribution in [0.25, 0.3) is 0 Å². The van der Waals surface area contributed by atoms with Crippen LogP contribution in [-0.4, -0.2) is 58.0 Å². The minimum Gasteiger partial charge on any atom is -0.493 e. The fraction of sp³-hybridized carbons (Fsp3) is 0.355. The lowest BCUT2D eigenvalue weighted by Gasteiger charge is -2.32. The molecule has 11 heteroatoms. The molecule has 1 N–H and O–H groups in total. The van der Waals surface area contributed by atoms with Crippen molar-refractivity contribution >= 4 is 43.5 Å². The Morgan fingerprint density at radius 2 is 1.62 bits per heavy atom. The van der Waals surface area contributed by atoms with E-state index in [-0.39, 0.29) is 29.1 Å². The summed E-state index contributed by atoms with van der Waals surface area (Å²) in [7, 11) is -1.28. The Morgan fingerprint density at radius 3 is 2.21 bits per heavy atom. The summed E-state index contributed by atoms with van der Waals surface area (Å²) in [5.74, 6) is -0.162. The Morgan fingerprint density at radius 1 is 0.952 bits per heavy atom. The monoisotopic (exact) mass is 659 g/mol. The first-order valence-electron chi connectivity index (χ1n) is 13.6.